The molecule has 0 atom stereocenters. The van der Waals surface area contributed by atoms with E-state index in [1.807, 2.05) is 141 Å². The molecule has 2 aliphatic rings. The summed E-state index contributed by atoms with van der Waals surface area (Å²) in [7, 11) is 2.13. The van der Waals surface area contributed by atoms with Crippen molar-refractivity contribution in [2.45, 2.75) is 72.4 Å². The molecule has 29 heteroatoms. The molecule has 0 saturated carbocycles. The molecule has 16 heterocycles. The summed E-state index contributed by atoms with van der Waals surface area (Å²) >= 11 is 0. The van der Waals surface area contributed by atoms with Gasteiger partial charge >= 0.3 is 0 Å². The van der Waals surface area contributed by atoms with Crippen molar-refractivity contribution in [2.24, 2.45) is 5.92 Å². The monoisotopic (exact) mass is 1760 g/mol. The van der Waals surface area contributed by atoms with Crippen LogP contribution in [-0.2, 0) is 6.54 Å². The Morgan fingerprint density at radius 3 is 1.13 bits per heavy atom. The van der Waals surface area contributed by atoms with Crippen molar-refractivity contribution in [3.8, 4) is 89.5 Å². The number of benzene rings is 4. The Hall–Kier alpha value is -15.9. The Balaban J connectivity index is 0.000000123. The lowest BCUT2D eigenvalue weighted by molar-refractivity contribution is 0.0918. The highest BCUT2D eigenvalue weighted by molar-refractivity contribution is 6.04. The topological polar surface area (TPSA) is 283 Å². The number of carbonyl (C=O) groups excluding carboxylic acids is 4. The van der Waals surface area contributed by atoms with Crippen LogP contribution < -0.4 is 26.6 Å². The molecule has 4 aromatic carbocycles. The molecule has 20 rings (SSSR count). The maximum atomic E-state index is 13.8. The second-order valence-electron chi connectivity index (χ2n) is 32.7. The number of halogens is 4. The SMILES string of the molecule is Cc1cc(-c2ncccc2-c2ccc3ncc(C(=O)NC4CCNCC4)n3c2)ccc1F.Cc1cc(-c2ncccc2-c2ccc3ncc(C(=O)NCC4CCN(C)CC4)n3c2)ccc1F.Cc1cc(-c2ncccc2-c2ccc3ncc(C(=O)NCCCn4ccnc4)n3c2)ccc1F.Cc1cc(-c2ncccc2-c2ccc3ncc(C(=O)Nc4ccncc4)n3c2)ccc1F. The minimum atomic E-state index is -0.276. The third-order valence-corrected chi connectivity index (χ3v) is 23.6. The number of fused-ring (bicyclic) bond motifs is 4. The van der Waals surface area contributed by atoms with Crippen LogP contribution >= 0.6 is 0 Å². The number of piperidine rings is 2. The highest BCUT2D eigenvalue weighted by Gasteiger charge is 2.25. The number of rotatable bonds is 20. The third kappa shape index (κ3) is 20.2. The van der Waals surface area contributed by atoms with Crippen LogP contribution in [0.1, 0.15) is 96.3 Å². The number of hydrogen-bond acceptors (Lipinski definition) is 16. The van der Waals surface area contributed by atoms with Crippen LogP contribution in [0.15, 0.2) is 287 Å². The summed E-state index contributed by atoms with van der Waals surface area (Å²) in [4.78, 5) is 97.8. The average Bonchev–Trinajstić information content (AvgIpc) is 1.53. The zero-order valence-corrected chi connectivity index (χ0v) is 73.1. The third-order valence-electron chi connectivity index (χ3n) is 23.6. The Morgan fingerprint density at radius 1 is 0.394 bits per heavy atom. The first-order valence-electron chi connectivity index (χ1n) is 43.5. The van der Waals surface area contributed by atoms with Gasteiger partial charge in [-0.1, -0.05) is 24.3 Å². The van der Waals surface area contributed by atoms with Crippen molar-refractivity contribution < 1.29 is 36.7 Å². The van der Waals surface area contributed by atoms with Crippen LogP contribution in [0.5, 0.6) is 0 Å². The summed E-state index contributed by atoms with van der Waals surface area (Å²) in [5, 5.41) is 15.4. The van der Waals surface area contributed by atoms with Gasteiger partial charge in [0.15, 0.2) is 0 Å². The molecule has 18 aromatic rings. The highest BCUT2D eigenvalue weighted by atomic mass is 19.1. The summed E-state index contributed by atoms with van der Waals surface area (Å²) < 4.78 is 64.4. The van der Waals surface area contributed by atoms with Crippen molar-refractivity contribution in [1.82, 2.24) is 98.2 Å². The molecule has 132 heavy (non-hydrogen) atoms. The van der Waals surface area contributed by atoms with E-state index >= 15 is 0 Å². The smallest absolute Gasteiger partial charge is 0.274 e. The van der Waals surface area contributed by atoms with E-state index in [1.54, 1.807) is 172 Å². The zero-order valence-electron chi connectivity index (χ0n) is 73.1. The van der Waals surface area contributed by atoms with Crippen molar-refractivity contribution >= 4 is 51.9 Å². The zero-order chi connectivity index (χ0) is 91.3. The van der Waals surface area contributed by atoms with Gasteiger partial charge in [0.25, 0.3) is 23.6 Å². The van der Waals surface area contributed by atoms with Crippen molar-refractivity contribution in [3.63, 3.8) is 0 Å². The number of nitrogens with zero attached hydrogens (tertiary/aromatic N) is 16. The number of hydrogen-bond donors (Lipinski definition) is 5. The van der Waals surface area contributed by atoms with Gasteiger partial charge in [-0.2, -0.15) is 0 Å². The number of amides is 4. The highest BCUT2D eigenvalue weighted by Crippen LogP contribution is 2.37. The molecule has 25 nitrogen and oxygen atoms in total. The molecule has 0 aliphatic carbocycles. The molecule has 2 aliphatic heterocycles. The predicted octanol–water partition coefficient (Wildman–Crippen LogP) is 18.3. The number of aryl methyl sites for hydroxylation is 5. The van der Waals surface area contributed by atoms with E-state index in [0.29, 0.717) is 92.3 Å². The lowest BCUT2D eigenvalue weighted by Gasteiger charge is -2.28. The van der Waals surface area contributed by atoms with Gasteiger partial charge in [-0.05, 0) is 279 Å². The normalized spacial score (nSPS) is 12.9. The van der Waals surface area contributed by atoms with E-state index in [4.69, 9.17) is 0 Å². The summed E-state index contributed by atoms with van der Waals surface area (Å²) in [5.41, 5.74) is 21.0. The largest absolute Gasteiger partial charge is 0.351 e. The van der Waals surface area contributed by atoms with Crippen LogP contribution in [0.4, 0.5) is 23.2 Å². The van der Waals surface area contributed by atoms with Gasteiger partial charge in [-0.15, -0.1) is 0 Å². The van der Waals surface area contributed by atoms with E-state index in [1.165, 1.54) is 24.3 Å². The molecule has 0 radical (unpaired) electrons. The van der Waals surface area contributed by atoms with Gasteiger partial charge < -0.3 is 36.1 Å². The maximum absolute atomic E-state index is 13.8. The number of anilines is 1. The second-order valence-corrected chi connectivity index (χ2v) is 32.7. The summed E-state index contributed by atoms with van der Waals surface area (Å²) in [5.74, 6) is -1.18. The molecule has 0 spiro atoms. The minimum absolute atomic E-state index is 0.121. The fourth-order valence-corrected chi connectivity index (χ4v) is 16.3. The lowest BCUT2D eigenvalue weighted by Crippen LogP contribution is -2.43. The summed E-state index contributed by atoms with van der Waals surface area (Å²) in [6, 6.07) is 54.2. The minimum Gasteiger partial charge on any atom is -0.351 e. The predicted molar refractivity (Wildman–Crippen MR) is 501 cm³/mol. The molecule has 14 aromatic heterocycles. The molecule has 4 amide bonds. The van der Waals surface area contributed by atoms with Crippen LogP contribution in [0.25, 0.3) is 112 Å². The number of pyridine rings is 9. The Labute approximate surface area is 757 Å². The van der Waals surface area contributed by atoms with Crippen LogP contribution in [0, 0.1) is 56.9 Å². The van der Waals surface area contributed by atoms with Gasteiger partial charge in [0.05, 0.1) is 53.9 Å². The number of carbonyl (C=O) groups is 4. The van der Waals surface area contributed by atoms with Crippen LogP contribution in [0.3, 0.4) is 0 Å². The molecule has 5 N–H and O–H groups in total. The van der Waals surface area contributed by atoms with Gasteiger partial charge in [-0.3, -0.25) is 61.7 Å². The summed E-state index contributed by atoms with van der Waals surface area (Å²) in [6.07, 6.45) is 34.3. The first-order valence-corrected chi connectivity index (χ1v) is 43.5. The Morgan fingerprint density at radius 2 is 0.758 bits per heavy atom. The van der Waals surface area contributed by atoms with E-state index in [-0.39, 0.29) is 52.9 Å². The van der Waals surface area contributed by atoms with Crippen LogP contribution in [-0.4, -0.2) is 153 Å². The first kappa shape index (κ1) is 88.2. The molecular formula is C103H93F4N21O4. The van der Waals surface area contributed by atoms with E-state index < -0.39 is 0 Å². The number of nitrogens with one attached hydrogen (secondary N) is 5. The van der Waals surface area contributed by atoms with Gasteiger partial charge in [0.2, 0.25) is 0 Å². The number of likely N-dealkylation sites (tertiary alicyclic amines) is 1. The van der Waals surface area contributed by atoms with Crippen molar-refractivity contribution in [3.05, 3.63) is 356 Å². The molecule has 2 saturated heterocycles. The summed E-state index contributed by atoms with van der Waals surface area (Å²) in [6.45, 7) is 12.9. The number of imidazole rings is 5. The standard InChI is InChI=1S/C27H28FN5O.C26H23FN6O.C25H24FN5O.C25H18FN5O/c1-18-14-20(5-7-23(18)28)26-22(4-3-11-29-26)21-6-8-25-30-16-24(33(25)17-21)27(34)31-15-19-9-12-32(2)13-10-19;1-18-14-19(5-7-22(18)27)25-21(4-2-9-29-25)20-6-8-24-31-15-23(33(24)16-20)26(34)30-10-3-12-32-13-11-28-17-32;2*1-16-13-17(4-6-21(16)26)24-20(3-2-10-28-24)18-5-7-23-29-14-22(31(23)15-18)25(32)30-19-8-11-27-12-9-19/h3-8,11,14,16-17,19H,9-10,12-13,15H2,1-2H3,(H,31,34);2,4-9,11,13-17H,3,10,12H2,1H3,(H,30,34);2-7,10,13-15,19,27H,8-9,11-12H2,1H3,(H,30,32);2-15H,1H3,(H,27,30,32). The van der Waals surface area contributed by atoms with Crippen LogP contribution in [0.2, 0.25) is 0 Å². The quantitative estimate of drug-likeness (QED) is 0.0350. The molecule has 0 unspecified atom stereocenters. The number of aromatic nitrogens is 15. The molecule has 0 bridgehead atoms. The van der Waals surface area contributed by atoms with Crippen molar-refractivity contribution in [1.29, 1.82) is 0 Å². The first-order chi connectivity index (χ1) is 64.3. The van der Waals surface area contributed by atoms with Gasteiger partial charge in [0, 0.05) is 172 Å². The van der Waals surface area contributed by atoms with E-state index in [2.05, 4.69) is 88.4 Å². The Bertz CT molecular complexity index is 7240. The molecular weight excluding hydrogens is 1670 g/mol. The van der Waals surface area contributed by atoms with Gasteiger partial charge in [-0.25, -0.2) is 42.5 Å². The van der Waals surface area contributed by atoms with E-state index in [0.717, 1.165) is 154 Å². The van der Waals surface area contributed by atoms with Gasteiger partial charge in [0.1, 0.15) is 68.6 Å². The second kappa shape index (κ2) is 40.2. The lowest BCUT2D eigenvalue weighted by atomic mass is 9.97. The van der Waals surface area contributed by atoms with E-state index in [9.17, 15) is 36.7 Å². The van der Waals surface area contributed by atoms with Crippen molar-refractivity contribution in [2.75, 3.05) is 51.6 Å². The average molecular weight is 1770 g/mol. The molecule has 662 valence electrons. The molecule has 2 fully saturated rings. The Kier molecular flexibility index (Phi) is 26.8. The fraction of sp³-hybridized carbons (Fsp3) is 0.184. The fourth-order valence-electron chi connectivity index (χ4n) is 16.3. The maximum Gasteiger partial charge on any atom is 0.274 e.